The third kappa shape index (κ3) is 4.42. The molecule has 2 rings (SSSR count). The predicted molar refractivity (Wildman–Crippen MR) is 97.3 cm³/mol. The van der Waals surface area contributed by atoms with E-state index in [9.17, 15) is 4.79 Å². The van der Waals surface area contributed by atoms with Crippen LogP contribution in [0.3, 0.4) is 0 Å². The predicted octanol–water partition coefficient (Wildman–Crippen LogP) is 4.63. The van der Waals surface area contributed by atoms with Crippen molar-refractivity contribution in [1.82, 2.24) is 0 Å². The van der Waals surface area contributed by atoms with Gasteiger partial charge in [0.25, 0.3) is 5.91 Å². The minimum absolute atomic E-state index is 0.244. The van der Waals surface area contributed by atoms with Crippen LogP contribution < -0.4 is 14.8 Å². The molecule has 0 saturated heterocycles. The monoisotopic (exact) mass is 347 g/mol. The van der Waals surface area contributed by atoms with Crippen molar-refractivity contribution in [3.05, 3.63) is 52.5 Å². The van der Waals surface area contributed by atoms with Gasteiger partial charge in [-0.1, -0.05) is 24.6 Å². The second-order valence-corrected chi connectivity index (χ2v) is 5.97. The van der Waals surface area contributed by atoms with Gasteiger partial charge in [0.1, 0.15) is 11.5 Å². The number of benzene rings is 2. The first-order chi connectivity index (χ1) is 11.4. The Morgan fingerprint density at radius 1 is 1.25 bits per heavy atom. The molecule has 5 heteroatoms. The highest BCUT2D eigenvalue weighted by molar-refractivity contribution is 6.31. The highest BCUT2D eigenvalue weighted by atomic mass is 35.5. The summed E-state index contributed by atoms with van der Waals surface area (Å²) in [4.78, 5) is 12.4. The summed E-state index contributed by atoms with van der Waals surface area (Å²) in [7, 11) is 1.57. The van der Waals surface area contributed by atoms with E-state index in [1.54, 1.807) is 26.2 Å². The van der Waals surface area contributed by atoms with E-state index in [-0.39, 0.29) is 5.91 Å². The lowest BCUT2D eigenvalue weighted by molar-refractivity contribution is -0.122. The Morgan fingerprint density at radius 3 is 2.67 bits per heavy atom. The molecule has 2 aromatic carbocycles. The molecule has 0 aliphatic heterocycles. The molecule has 24 heavy (non-hydrogen) atoms. The third-order valence-corrected chi connectivity index (χ3v) is 4.06. The Labute approximate surface area is 147 Å². The van der Waals surface area contributed by atoms with E-state index < -0.39 is 6.10 Å². The Hall–Kier alpha value is -2.20. The number of amides is 1. The van der Waals surface area contributed by atoms with Gasteiger partial charge in [-0.3, -0.25) is 4.79 Å². The number of methoxy groups -OCH3 is 1. The number of hydrogen-bond acceptors (Lipinski definition) is 3. The molecule has 0 aromatic heterocycles. The number of aryl methyl sites for hydroxylation is 2. The van der Waals surface area contributed by atoms with Gasteiger partial charge in [-0.05, 0) is 61.7 Å². The number of rotatable bonds is 6. The van der Waals surface area contributed by atoms with Gasteiger partial charge in [-0.2, -0.15) is 0 Å². The van der Waals surface area contributed by atoms with E-state index in [0.717, 1.165) is 17.5 Å². The molecule has 1 N–H and O–H groups in total. The molecule has 0 fully saturated rings. The molecule has 4 nitrogen and oxygen atoms in total. The maximum absolute atomic E-state index is 12.4. The van der Waals surface area contributed by atoms with Gasteiger partial charge in [0.2, 0.25) is 0 Å². The smallest absolute Gasteiger partial charge is 0.265 e. The third-order valence-electron chi connectivity index (χ3n) is 3.69. The van der Waals surface area contributed by atoms with Crippen molar-refractivity contribution in [2.24, 2.45) is 0 Å². The van der Waals surface area contributed by atoms with Crippen molar-refractivity contribution in [3.8, 4) is 11.5 Å². The lowest BCUT2D eigenvalue weighted by atomic mass is 10.1. The summed E-state index contributed by atoms with van der Waals surface area (Å²) >= 11 is 6.10. The number of hydrogen-bond donors (Lipinski definition) is 1. The first-order valence-electron chi connectivity index (χ1n) is 7.85. The summed E-state index contributed by atoms with van der Waals surface area (Å²) in [5.74, 6) is 0.989. The van der Waals surface area contributed by atoms with Gasteiger partial charge >= 0.3 is 0 Å². The van der Waals surface area contributed by atoms with Gasteiger partial charge in [0, 0.05) is 5.02 Å². The highest BCUT2D eigenvalue weighted by Gasteiger charge is 2.17. The van der Waals surface area contributed by atoms with E-state index in [4.69, 9.17) is 21.1 Å². The molecule has 0 heterocycles. The van der Waals surface area contributed by atoms with Crippen LogP contribution in [0.15, 0.2) is 36.4 Å². The minimum atomic E-state index is -0.652. The van der Waals surface area contributed by atoms with Crippen LogP contribution in [0.5, 0.6) is 11.5 Å². The molecule has 1 amide bonds. The molecule has 128 valence electrons. The average Bonchev–Trinajstić information content (AvgIpc) is 2.56. The van der Waals surface area contributed by atoms with Crippen molar-refractivity contribution >= 4 is 23.2 Å². The molecule has 1 atom stereocenters. The summed E-state index contributed by atoms with van der Waals surface area (Å²) in [5.41, 5.74) is 2.65. The van der Waals surface area contributed by atoms with Crippen molar-refractivity contribution in [2.45, 2.75) is 33.3 Å². The molecular formula is C19H22ClNO3. The maximum atomic E-state index is 12.4. The molecule has 2 aromatic rings. The Bertz CT molecular complexity index is 731. The molecule has 0 bridgehead atoms. The van der Waals surface area contributed by atoms with Crippen molar-refractivity contribution < 1.29 is 14.3 Å². The van der Waals surface area contributed by atoms with Crippen LogP contribution in [0.1, 0.15) is 25.0 Å². The van der Waals surface area contributed by atoms with Crippen LogP contribution in [0.25, 0.3) is 0 Å². The largest absolute Gasteiger partial charge is 0.495 e. The van der Waals surface area contributed by atoms with Gasteiger partial charge in [-0.15, -0.1) is 0 Å². The number of carbonyl (C=O) groups is 1. The van der Waals surface area contributed by atoms with Gasteiger partial charge < -0.3 is 14.8 Å². The zero-order valence-electron chi connectivity index (χ0n) is 14.4. The molecule has 1 unspecified atom stereocenters. The SMILES string of the molecule is CCc1cc(OC(C)C(=O)Nc2cc(C)ccc2OC)ccc1Cl. The minimum Gasteiger partial charge on any atom is -0.495 e. The van der Waals surface area contributed by atoms with Crippen molar-refractivity contribution in [1.29, 1.82) is 0 Å². The lowest BCUT2D eigenvalue weighted by Gasteiger charge is -2.17. The quantitative estimate of drug-likeness (QED) is 0.829. The van der Waals surface area contributed by atoms with Gasteiger partial charge in [0.15, 0.2) is 6.10 Å². The summed E-state index contributed by atoms with van der Waals surface area (Å²) in [6.45, 7) is 5.68. The normalized spacial score (nSPS) is 11.7. The zero-order chi connectivity index (χ0) is 17.7. The number of nitrogens with one attached hydrogen (secondary N) is 1. The van der Waals surface area contributed by atoms with Gasteiger partial charge in [-0.25, -0.2) is 0 Å². The first kappa shape index (κ1) is 18.1. The van der Waals surface area contributed by atoms with Crippen LogP contribution >= 0.6 is 11.6 Å². The highest BCUT2D eigenvalue weighted by Crippen LogP contribution is 2.26. The first-order valence-corrected chi connectivity index (χ1v) is 8.23. The van der Waals surface area contributed by atoms with Crippen LogP contribution in [-0.4, -0.2) is 19.1 Å². The summed E-state index contributed by atoms with van der Waals surface area (Å²) in [6, 6.07) is 11.0. The second kappa shape index (κ2) is 8.06. The standard InChI is InChI=1S/C19H22ClNO3/c1-5-14-11-15(7-8-16(14)20)24-13(3)19(22)21-17-10-12(2)6-9-18(17)23-4/h6-11,13H,5H2,1-4H3,(H,21,22). The number of anilines is 1. The Kier molecular flexibility index (Phi) is 6.10. The second-order valence-electron chi connectivity index (χ2n) is 5.56. The fraction of sp³-hybridized carbons (Fsp3) is 0.316. The average molecular weight is 348 g/mol. The van der Waals surface area contributed by atoms with E-state index in [1.807, 2.05) is 38.1 Å². The summed E-state index contributed by atoms with van der Waals surface area (Å²) in [5, 5.41) is 3.55. The van der Waals surface area contributed by atoms with Crippen LogP contribution in [-0.2, 0) is 11.2 Å². The number of ether oxygens (including phenoxy) is 2. The molecule has 0 aliphatic carbocycles. The number of halogens is 1. The fourth-order valence-electron chi connectivity index (χ4n) is 2.31. The van der Waals surface area contributed by atoms with E-state index in [1.165, 1.54) is 0 Å². The maximum Gasteiger partial charge on any atom is 0.265 e. The summed E-state index contributed by atoms with van der Waals surface area (Å²) in [6.07, 6.45) is 0.151. The molecule has 0 aliphatic rings. The van der Waals surface area contributed by atoms with Crippen LogP contribution in [0.4, 0.5) is 5.69 Å². The van der Waals surface area contributed by atoms with E-state index in [2.05, 4.69) is 5.32 Å². The van der Waals surface area contributed by atoms with Gasteiger partial charge in [0.05, 0.1) is 12.8 Å². The summed E-state index contributed by atoms with van der Waals surface area (Å²) < 4.78 is 11.0. The fourth-order valence-corrected chi connectivity index (χ4v) is 2.56. The van der Waals surface area contributed by atoms with Crippen molar-refractivity contribution in [2.75, 3.05) is 12.4 Å². The zero-order valence-corrected chi connectivity index (χ0v) is 15.1. The van der Waals surface area contributed by atoms with E-state index in [0.29, 0.717) is 22.2 Å². The number of carbonyl (C=O) groups excluding carboxylic acids is 1. The molecular weight excluding hydrogens is 326 g/mol. The molecule has 0 saturated carbocycles. The van der Waals surface area contributed by atoms with Crippen LogP contribution in [0, 0.1) is 6.92 Å². The Morgan fingerprint density at radius 2 is 2.00 bits per heavy atom. The lowest BCUT2D eigenvalue weighted by Crippen LogP contribution is -2.30. The van der Waals surface area contributed by atoms with E-state index >= 15 is 0 Å². The molecule has 0 spiro atoms. The van der Waals surface area contributed by atoms with Crippen molar-refractivity contribution in [3.63, 3.8) is 0 Å². The Balaban J connectivity index is 2.09. The molecule has 0 radical (unpaired) electrons. The topological polar surface area (TPSA) is 47.6 Å². The van der Waals surface area contributed by atoms with Crippen LogP contribution in [0.2, 0.25) is 5.02 Å².